The third kappa shape index (κ3) is 4.02. The molecular formula is C13H21NO. The van der Waals surface area contributed by atoms with Crippen LogP contribution in [0.3, 0.4) is 0 Å². The lowest BCUT2D eigenvalue weighted by atomic mass is 9.96. The topological polar surface area (TPSA) is 32.3 Å². The summed E-state index contributed by atoms with van der Waals surface area (Å²) in [5.41, 5.74) is 1.29. The predicted molar refractivity (Wildman–Crippen MR) is 63.7 cm³/mol. The molecule has 0 aliphatic carbocycles. The van der Waals surface area contributed by atoms with Crippen LogP contribution in [0.1, 0.15) is 32.4 Å². The standard InChI is InChI=1S/C13H21NO/c1-10(2)13(14-9-11(3)15)12-7-5-4-6-8-12/h4-8,10-11,13-15H,9H2,1-3H3/t11-,13+/m0/s1. The van der Waals surface area contributed by atoms with Crippen molar-refractivity contribution in [3.8, 4) is 0 Å². The van der Waals surface area contributed by atoms with Gasteiger partial charge >= 0.3 is 0 Å². The zero-order valence-corrected chi connectivity index (χ0v) is 9.77. The molecule has 0 saturated carbocycles. The van der Waals surface area contributed by atoms with Gasteiger partial charge in [0.2, 0.25) is 0 Å². The number of aliphatic hydroxyl groups is 1. The highest BCUT2D eigenvalue weighted by atomic mass is 16.3. The third-order valence-corrected chi connectivity index (χ3v) is 2.46. The Hall–Kier alpha value is -0.860. The Bertz CT molecular complexity index is 269. The molecule has 1 aromatic carbocycles. The van der Waals surface area contributed by atoms with Crippen LogP contribution in [-0.4, -0.2) is 17.8 Å². The number of nitrogens with one attached hydrogen (secondary N) is 1. The summed E-state index contributed by atoms with van der Waals surface area (Å²) < 4.78 is 0. The van der Waals surface area contributed by atoms with E-state index in [1.54, 1.807) is 6.92 Å². The lowest BCUT2D eigenvalue weighted by molar-refractivity contribution is 0.181. The van der Waals surface area contributed by atoms with E-state index in [4.69, 9.17) is 0 Å². The van der Waals surface area contributed by atoms with Gasteiger partial charge in [-0.05, 0) is 18.4 Å². The van der Waals surface area contributed by atoms with Gasteiger partial charge in [-0.15, -0.1) is 0 Å². The summed E-state index contributed by atoms with van der Waals surface area (Å²) in [6, 6.07) is 10.7. The molecule has 0 saturated heterocycles. The Labute approximate surface area is 92.3 Å². The Morgan fingerprint density at radius 2 is 1.73 bits per heavy atom. The molecule has 0 spiro atoms. The highest BCUT2D eigenvalue weighted by Gasteiger charge is 2.14. The van der Waals surface area contributed by atoms with Crippen LogP contribution >= 0.6 is 0 Å². The highest BCUT2D eigenvalue weighted by Crippen LogP contribution is 2.20. The average Bonchev–Trinajstić information content (AvgIpc) is 2.18. The fraction of sp³-hybridized carbons (Fsp3) is 0.538. The van der Waals surface area contributed by atoms with E-state index in [0.29, 0.717) is 18.5 Å². The van der Waals surface area contributed by atoms with Crippen molar-refractivity contribution >= 4 is 0 Å². The minimum Gasteiger partial charge on any atom is -0.392 e. The van der Waals surface area contributed by atoms with Crippen LogP contribution in [0, 0.1) is 5.92 Å². The normalized spacial score (nSPS) is 15.3. The fourth-order valence-corrected chi connectivity index (χ4v) is 1.70. The molecule has 0 unspecified atom stereocenters. The molecular weight excluding hydrogens is 186 g/mol. The quantitative estimate of drug-likeness (QED) is 0.777. The number of rotatable bonds is 5. The minimum atomic E-state index is -0.296. The van der Waals surface area contributed by atoms with Crippen LogP contribution in [0.5, 0.6) is 0 Å². The van der Waals surface area contributed by atoms with Crippen molar-refractivity contribution in [1.29, 1.82) is 0 Å². The van der Waals surface area contributed by atoms with Gasteiger partial charge in [0.25, 0.3) is 0 Å². The molecule has 0 heterocycles. The van der Waals surface area contributed by atoms with Gasteiger partial charge in [0.15, 0.2) is 0 Å². The second-order valence-corrected chi connectivity index (χ2v) is 4.39. The highest BCUT2D eigenvalue weighted by molar-refractivity contribution is 5.19. The monoisotopic (exact) mass is 207 g/mol. The number of hydrogen-bond donors (Lipinski definition) is 2. The number of hydrogen-bond acceptors (Lipinski definition) is 2. The molecule has 0 amide bonds. The van der Waals surface area contributed by atoms with E-state index < -0.39 is 0 Å². The Kier molecular flexibility index (Phi) is 4.79. The van der Waals surface area contributed by atoms with Crippen LogP contribution in [0.15, 0.2) is 30.3 Å². The van der Waals surface area contributed by atoms with E-state index >= 15 is 0 Å². The van der Waals surface area contributed by atoms with Crippen molar-refractivity contribution in [3.63, 3.8) is 0 Å². The molecule has 15 heavy (non-hydrogen) atoms. The van der Waals surface area contributed by atoms with Gasteiger partial charge in [-0.2, -0.15) is 0 Å². The van der Waals surface area contributed by atoms with E-state index in [0.717, 1.165) is 0 Å². The first kappa shape index (κ1) is 12.2. The smallest absolute Gasteiger partial charge is 0.0636 e. The molecule has 0 aliphatic heterocycles. The van der Waals surface area contributed by atoms with Crippen molar-refractivity contribution in [2.24, 2.45) is 5.92 Å². The number of benzene rings is 1. The summed E-state index contributed by atoms with van der Waals surface area (Å²) in [5.74, 6) is 0.520. The zero-order chi connectivity index (χ0) is 11.3. The largest absolute Gasteiger partial charge is 0.392 e. The first-order valence-corrected chi connectivity index (χ1v) is 5.57. The molecule has 0 fully saturated rings. The van der Waals surface area contributed by atoms with Crippen molar-refractivity contribution < 1.29 is 5.11 Å². The Morgan fingerprint density at radius 3 is 2.20 bits per heavy atom. The van der Waals surface area contributed by atoms with Crippen LogP contribution in [-0.2, 0) is 0 Å². The summed E-state index contributed by atoms with van der Waals surface area (Å²) in [4.78, 5) is 0. The molecule has 1 aromatic rings. The zero-order valence-electron chi connectivity index (χ0n) is 9.77. The van der Waals surface area contributed by atoms with Gasteiger partial charge in [0.1, 0.15) is 0 Å². The maximum Gasteiger partial charge on any atom is 0.0636 e. The predicted octanol–water partition coefficient (Wildman–Crippen LogP) is 2.35. The first-order valence-electron chi connectivity index (χ1n) is 5.57. The second kappa shape index (κ2) is 5.89. The Balaban J connectivity index is 2.66. The SMILES string of the molecule is CC(C)[C@@H](NC[C@H](C)O)c1ccccc1. The molecule has 1 rings (SSSR count). The summed E-state index contributed by atoms with van der Waals surface area (Å²) in [5, 5.41) is 12.7. The lowest BCUT2D eigenvalue weighted by Gasteiger charge is -2.23. The third-order valence-electron chi connectivity index (χ3n) is 2.46. The summed E-state index contributed by atoms with van der Waals surface area (Å²) in [7, 11) is 0. The van der Waals surface area contributed by atoms with Crippen LogP contribution < -0.4 is 5.32 Å². The maximum absolute atomic E-state index is 9.27. The van der Waals surface area contributed by atoms with Crippen molar-refractivity contribution in [2.45, 2.75) is 32.9 Å². The molecule has 0 bridgehead atoms. The van der Waals surface area contributed by atoms with Gasteiger partial charge in [0, 0.05) is 12.6 Å². The van der Waals surface area contributed by atoms with Gasteiger partial charge in [-0.25, -0.2) is 0 Å². The van der Waals surface area contributed by atoms with Gasteiger partial charge in [0.05, 0.1) is 6.10 Å². The average molecular weight is 207 g/mol. The number of aliphatic hydroxyl groups excluding tert-OH is 1. The summed E-state index contributed by atoms with van der Waals surface area (Å²) >= 11 is 0. The van der Waals surface area contributed by atoms with Gasteiger partial charge < -0.3 is 10.4 Å². The van der Waals surface area contributed by atoms with E-state index in [1.165, 1.54) is 5.56 Å². The van der Waals surface area contributed by atoms with E-state index in [9.17, 15) is 5.11 Å². The maximum atomic E-state index is 9.27. The van der Waals surface area contributed by atoms with Crippen molar-refractivity contribution in [3.05, 3.63) is 35.9 Å². The van der Waals surface area contributed by atoms with Crippen LogP contribution in [0.2, 0.25) is 0 Å². The molecule has 2 N–H and O–H groups in total. The van der Waals surface area contributed by atoms with Crippen molar-refractivity contribution in [2.75, 3.05) is 6.54 Å². The Morgan fingerprint density at radius 1 is 1.13 bits per heavy atom. The van der Waals surface area contributed by atoms with E-state index in [-0.39, 0.29) is 6.10 Å². The van der Waals surface area contributed by atoms with Crippen LogP contribution in [0.25, 0.3) is 0 Å². The minimum absolute atomic E-state index is 0.296. The molecule has 0 radical (unpaired) electrons. The van der Waals surface area contributed by atoms with Crippen molar-refractivity contribution in [1.82, 2.24) is 5.32 Å². The summed E-state index contributed by atoms with van der Waals surface area (Å²) in [6.07, 6.45) is -0.296. The molecule has 84 valence electrons. The van der Waals surface area contributed by atoms with Gasteiger partial charge in [-0.1, -0.05) is 44.2 Å². The lowest BCUT2D eigenvalue weighted by Crippen LogP contribution is -2.31. The first-order chi connectivity index (χ1) is 7.11. The van der Waals surface area contributed by atoms with Gasteiger partial charge in [-0.3, -0.25) is 0 Å². The molecule has 2 atom stereocenters. The molecule has 2 heteroatoms. The molecule has 2 nitrogen and oxygen atoms in total. The second-order valence-electron chi connectivity index (χ2n) is 4.39. The fourth-order valence-electron chi connectivity index (χ4n) is 1.70. The summed E-state index contributed by atoms with van der Waals surface area (Å²) in [6.45, 7) is 6.81. The van der Waals surface area contributed by atoms with Crippen LogP contribution in [0.4, 0.5) is 0 Å². The van der Waals surface area contributed by atoms with E-state index in [2.05, 4.69) is 43.4 Å². The molecule has 0 aromatic heterocycles. The van der Waals surface area contributed by atoms with E-state index in [1.807, 2.05) is 6.07 Å². The molecule has 0 aliphatic rings.